The first-order valence-electron chi connectivity index (χ1n) is 22.9. The van der Waals surface area contributed by atoms with Crippen molar-refractivity contribution in [3.05, 3.63) is 68.5 Å². The molecule has 0 spiro atoms. The van der Waals surface area contributed by atoms with Gasteiger partial charge in [0.2, 0.25) is 0 Å². The molecule has 0 amide bonds. The molecular weight excluding hydrogens is 741 g/mol. The van der Waals surface area contributed by atoms with Crippen LogP contribution in [0.15, 0.2) is 40.7 Å². The fourth-order valence-corrected chi connectivity index (χ4v) is 13.6. The van der Waals surface area contributed by atoms with Crippen molar-refractivity contribution < 1.29 is 28.9 Å². The first kappa shape index (κ1) is 40.4. The van der Waals surface area contributed by atoms with Crippen molar-refractivity contribution in [1.82, 2.24) is 9.55 Å². The predicted molar refractivity (Wildman–Crippen MR) is 228 cm³/mol. The van der Waals surface area contributed by atoms with Crippen LogP contribution in [-0.2, 0) is 39.4 Å². The van der Waals surface area contributed by atoms with Crippen LogP contribution >= 0.6 is 0 Å². The highest BCUT2D eigenvalue weighted by Crippen LogP contribution is 2.67. The second kappa shape index (κ2) is 14.9. The second-order valence-electron chi connectivity index (χ2n) is 20.2. The fourth-order valence-electron chi connectivity index (χ4n) is 13.6. The average Bonchev–Trinajstić information content (AvgIpc) is 3.76. The molecular formula is C50H64N2O7. The lowest BCUT2D eigenvalue weighted by atomic mass is 9.47. The number of rotatable bonds is 9. The highest BCUT2D eigenvalue weighted by molar-refractivity contribution is 5.90. The number of carbonyl (C=O) groups is 2. The number of nitrogens with zero attached hydrogens (tertiary/aromatic N) is 2. The van der Waals surface area contributed by atoms with Crippen molar-refractivity contribution in [2.45, 2.75) is 157 Å². The molecule has 316 valence electrons. The number of carbonyl (C=O) groups excluding carboxylic acids is 2. The van der Waals surface area contributed by atoms with E-state index in [1.807, 2.05) is 12.1 Å². The number of ether oxygens (including phenoxy) is 3. The highest BCUT2D eigenvalue weighted by Gasteiger charge is 2.59. The van der Waals surface area contributed by atoms with Gasteiger partial charge in [0.25, 0.3) is 5.56 Å². The van der Waals surface area contributed by atoms with Crippen LogP contribution in [0.1, 0.15) is 148 Å². The van der Waals surface area contributed by atoms with Gasteiger partial charge >= 0.3 is 12.1 Å². The Morgan fingerprint density at radius 3 is 2.59 bits per heavy atom. The van der Waals surface area contributed by atoms with Crippen LogP contribution < -0.4 is 10.3 Å². The van der Waals surface area contributed by atoms with E-state index in [2.05, 4.69) is 47.6 Å². The standard InChI is InChI=1S/C50H64N2O7/c1-8-33-35-24-31(14-18-42(35)51-44-36(33)26-52-43(44)25-41-37(45(52)53)27-57-46(54)50(41,56)9-2)58-47(55)59-32-19-21-48(6)30(23-32)13-15-34-39-17-16-38(29(5)12-10-11-28(3)4)49(39,7)22-20-40(34)48/h13-14,18,24-25,28-29,32,34,38-40,56H,8-12,15-17,19-23,26-27H2,1-7H3/t29-,32+,34+,38-,39+,40+,48+,49-,50?/m1/s1. The molecule has 1 aromatic carbocycles. The minimum absolute atomic E-state index is 0.0861. The Hall–Kier alpha value is -3.98. The number of allylic oxidation sites excluding steroid dienone is 1. The zero-order valence-corrected chi connectivity index (χ0v) is 36.3. The van der Waals surface area contributed by atoms with Crippen molar-refractivity contribution in [2.24, 2.45) is 46.3 Å². The first-order chi connectivity index (χ1) is 28.2. The van der Waals surface area contributed by atoms with Crippen molar-refractivity contribution in [3.63, 3.8) is 0 Å². The third-order valence-corrected chi connectivity index (χ3v) is 16.9. The maximum atomic E-state index is 13.8. The number of benzene rings is 1. The fraction of sp³-hybridized carbons (Fsp3) is 0.640. The lowest BCUT2D eigenvalue weighted by Gasteiger charge is -2.58. The van der Waals surface area contributed by atoms with Crippen LogP contribution in [0.25, 0.3) is 22.3 Å². The average molecular weight is 805 g/mol. The Balaban J connectivity index is 0.882. The summed E-state index contributed by atoms with van der Waals surface area (Å²) in [7, 11) is 0. The molecule has 4 heterocycles. The van der Waals surface area contributed by atoms with Crippen molar-refractivity contribution >= 4 is 23.0 Å². The van der Waals surface area contributed by atoms with Gasteiger partial charge in [-0.2, -0.15) is 0 Å². The molecule has 3 saturated carbocycles. The minimum Gasteiger partial charge on any atom is -0.458 e. The van der Waals surface area contributed by atoms with Gasteiger partial charge in [0.05, 0.1) is 29.0 Å². The SMILES string of the molecule is CCc1c2c(nc3ccc(OC(=O)O[C@H]4CC[C@@]5(C)C(=CC[C@H]6[C@@H]7CC[C@H]([C@H](C)CCCC(C)C)[C@@]7(C)CC[C@@H]65)C4)cc13)-c1cc3c(c(=O)n1C2)COC(=O)C3(O)CC. The third kappa shape index (κ3) is 6.41. The largest absolute Gasteiger partial charge is 0.514 e. The minimum atomic E-state index is -1.88. The Bertz CT molecular complexity index is 2290. The highest BCUT2D eigenvalue weighted by atomic mass is 16.7. The van der Waals surface area contributed by atoms with Crippen LogP contribution in [0, 0.1) is 46.3 Å². The molecule has 3 aromatic rings. The molecule has 0 radical (unpaired) electrons. The van der Waals surface area contributed by atoms with Gasteiger partial charge in [0.1, 0.15) is 18.5 Å². The molecule has 3 fully saturated rings. The molecule has 59 heavy (non-hydrogen) atoms. The second-order valence-corrected chi connectivity index (χ2v) is 20.2. The summed E-state index contributed by atoms with van der Waals surface area (Å²) in [6, 6.07) is 7.16. The predicted octanol–water partition coefficient (Wildman–Crippen LogP) is 10.6. The summed E-state index contributed by atoms with van der Waals surface area (Å²) in [6.07, 6.45) is 15.8. The number of aryl methyl sites for hydroxylation is 1. The van der Waals surface area contributed by atoms with E-state index in [-0.39, 0.29) is 30.1 Å². The Morgan fingerprint density at radius 1 is 1.02 bits per heavy atom. The molecule has 2 aliphatic heterocycles. The summed E-state index contributed by atoms with van der Waals surface area (Å²) in [5.41, 5.74) is 4.38. The van der Waals surface area contributed by atoms with Crippen molar-refractivity contribution in [3.8, 4) is 17.1 Å². The van der Waals surface area contributed by atoms with Crippen molar-refractivity contribution in [1.29, 1.82) is 0 Å². The van der Waals surface area contributed by atoms with Crippen LogP contribution in [0.2, 0.25) is 0 Å². The molecule has 9 nitrogen and oxygen atoms in total. The van der Waals surface area contributed by atoms with Gasteiger partial charge in [-0.25, -0.2) is 14.6 Å². The van der Waals surface area contributed by atoms with Crippen LogP contribution in [-0.4, -0.2) is 32.9 Å². The molecule has 0 saturated heterocycles. The number of aromatic nitrogens is 2. The van der Waals surface area contributed by atoms with E-state index >= 15 is 0 Å². The normalized spacial score (nSPS) is 32.3. The van der Waals surface area contributed by atoms with Crippen LogP contribution in [0.5, 0.6) is 5.75 Å². The molecule has 1 unspecified atom stereocenters. The molecule has 9 rings (SSSR count). The van der Waals surface area contributed by atoms with E-state index in [4.69, 9.17) is 19.2 Å². The quantitative estimate of drug-likeness (QED) is 0.101. The van der Waals surface area contributed by atoms with Gasteiger partial charge in [0.15, 0.2) is 5.60 Å². The zero-order chi connectivity index (χ0) is 41.6. The van der Waals surface area contributed by atoms with Gasteiger partial charge in [-0.3, -0.25) is 4.79 Å². The molecule has 4 aliphatic carbocycles. The number of hydrogen-bond donors (Lipinski definition) is 1. The van der Waals surface area contributed by atoms with Gasteiger partial charge < -0.3 is 23.9 Å². The summed E-state index contributed by atoms with van der Waals surface area (Å²) in [6.45, 7) is 16.3. The number of cyclic esters (lactones) is 1. The van der Waals surface area contributed by atoms with Crippen LogP contribution in [0.4, 0.5) is 4.79 Å². The topological polar surface area (TPSA) is 117 Å². The number of fused-ring (bicyclic) bond motifs is 10. The molecule has 0 bridgehead atoms. The maximum absolute atomic E-state index is 13.8. The molecule has 2 aromatic heterocycles. The first-order valence-corrected chi connectivity index (χ1v) is 22.9. The van der Waals surface area contributed by atoms with E-state index in [1.165, 1.54) is 50.5 Å². The number of hydrogen-bond acceptors (Lipinski definition) is 8. The van der Waals surface area contributed by atoms with E-state index in [0.717, 1.165) is 71.8 Å². The number of aliphatic hydroxyl groups is 1. The van der Waals surface area contributed by atoms with E-state index in [0.29, 0.717) is 58.1 Å². The van der Waals surface area contributed by atoms with Crippen LogP contribution in [0.3, 0.4) is 0 Å². The Labute approximate surface area is 349 Å². The summed E-state index contributed by atoms with van der Waals surface area (Å²) in [5, 5.41) is 12.1. The van der Waals surface area contributed by atoms with Gasteiger partial charge in [-0.05, 0) is 134 Å². The Morgan fingerprint density at radius 2 is 1.83 bits per heavy atom. The maximum Gasteiger partial charge on any atom is 0.514 e. The number of esters is 1. The monoisotopic (exact) mass is 804 g/mol. The summed E-state index contributed by atoms with van der Waals surface area (Å²) in [4.78, 5) is 44.8. The molecule has 1 N–H and O–H groups in total. The molecule has 9 atom stereocenters. The van der Waals surface area contributed by atoms with Crippen molar-refractivity contribution in [2.75, 3.05) is 0 Å². The third-order valence-electron chi connectivity index (χ3n) is 16.9. The lowest BCUT2D eigenvalue weighted by Crippen LogP contribution is -2.51. The Kier molecular flexibility index (Phi) is 10.2. The van der Waals surface area contributed by atoms with Gasteiger partial charge in [-0.15, -0.1) is 0 Å². The zero-order valence-electron chi connectivity index (χ0n) is 36.3. The summed E-state index contributed by atoms with van der Waals surface area (Å²) >= 11 is 0. The molecule has 6 aliphatic rings. The van der Waals surface area contributed by atoms with Gasteiger partial charge in [-0.1, -0.05) is 79.4 Å². The van der Waals surface area contributed by atoms with E-state index < -0.39 is 17.7 Å². The lowest BCUT2D eigenvalue weighted by molar-refractivity contribution is -0.172. The summed E-state index contributed by atoms with van der Waals surface area (Å²) in [5.74, 6) is 4.39. The van der Waals surface area contributed by atoms with E-state index in [1.54, 1.807) is 23.6 Å². The summed E-state index contributed by atoms with van der Waals surface area (Å²) < 4.78 is 18.8. The van der Waals surface area contributed by atoms with E-state index in [9.17, 15) is 19.5 Å². The number of pyridine rings is 2. The molecule has 9 heteroatoms. The smallest absolute Gasteiger partial charge is 0.458 e. The van der Waals surface area contributed by atoms with Gasteiger partial charge in [0, 0.05) is 22.9 Å².